The number of fused-ring (bicyclic) bond motifs is 1. The number of hydrogen-bond acceptors (Lipinski definition) is 4. The zero-order chi connectivity index (χ0) is 13.2. The summed E-state index contributed by atoms with van der Waals surface area (Å²) in [4.78, 5) is 11.0. The molecule has 3 heterocycles. The third-order valence-corrected chi connectivity index (χ3v) is 4.01. The minimum absolute atomic E-state index is 0.825. The zero-order valence-electron chi connectivity index (χ0n) is 11.1. The molecule has 0 aliphatic carbocycles. The number of rotatable bonds is 4. The first-order chi connectivity index (χ1) is 9.24. The van der Waals surface area contributed by atoms with Gasteiger partial charge in [0.1, 0.15) is 0 Å². The highest BCUT2D eigenvalue weighted by atomic mass is 32.1. The standard InChI is InChI=1S/C14H16N4S/c1-10-9-18-13(11(2)17-14(18)19-10)8-16-7-12-3-5-15-6-4-12/h3-6,9,16H,7-8H2,1-2H3. The van der Waals surface area contributed by atoms with Gasteiger partial charge in [-0.2, -0.15) is 0 Å². The van der Waals surface area contributed by atoms with Crippen LogP contribution in [-0.4, -0.2) is 14.4 Å². The van der Waals surface area contributed by atoms with Crippen LogP contribution in [0.5, 0.6) is 0 Å². The number of hydrogen-bond donors (Lipinski definition) is 1. The molecule has 5 heteroatoms. The fourth-order valence-corrected chi connectivity index (χ4v) is 3.04. The van der Waals surface area contributed by atoms with Crippen LogP contribution in [0.15, 0.2) is 30.7 Å². The van der Waals surface area contributed by atoms with Crippen molar-refractivity contribution < 1.29 is 0 Å². The fraction of sp³-hybridized carbons (Fsp3) is 0.286. The molecule has 0 aliphatic heterocycles. The molecular formula is C14H16N4S. The normalized spacial score (nSPS) is 11.3. The van der Waals surface area contributed by atoms with Crippen LogP contribution in [0.1, 0.15) is 21.8 Å². The first kappa shape index (κ1) is 12.3. The van der Waals surface area contributed by atoms with E-state index in [1.54, 1.807) is 11.3 Å². The molecule has 3 rings (SSSR count). The van der Waals surface area contributed by atoms with Crippen LogP contribution in [0.3, 0.4) is 0 Å². The highest BCUT2D eigenvalue weighted by molar-refractivity contribution is 7.17. The number of nitrogens with zero attached hydrogens (tertiary/aromatic N) is 3. The summed E-state index contributed by atoms with van der Waals surface area (Å²) in [5.41, 5.74) is 3.59. The quantitative estimate of drug-likeness (QED) is 0.794. The highest BCUT2D eigenvalue weighted by Crippen LogP contribution is 2.20. The van der Waals surface area contributed by atoms with Gasteiger partial charge in [0.15, 0.2) is 4.96 Å². The summed E-state index contributed by atoms with van der Waals surface area (Å²) < 4.78 is 2.19. The maximum atomic E-state index is 4.59. The molecule has 4 nitrogen and oxygen atoms in total. The summed E-state index contributed by atoms with van der Waals surface area (Å²) in [7, 11) is 0. The lowest BCUT2D eigenvalue weighted by Gasteiger charge is -2.05. The molecule has 0 spiro atoms. The second kappa shape index (κ2) is 5.11. The molecule has 3 aromatic heterocycles. The molecule has 0 atom stereocenters. The predicted octanol–water partition coefficient (Wildman–Crippen LogP) is 2.70. The number of pyridine rings is 1. The van der Waals surface area contributed by atoms with Gasteiger partial charge in [-0.15, -0.1) is 11.3 Å². The third kappa shape index (κ3) is 2.52. The van der Waals surface area contributed by atoms with Crippen molar-refractivity contribution in [2.75, 3.05) is 0 Å². The summed E-state index contributed by atoms with van der Waals surface area (Å²) in [6, 6.07) is 4.06. The summed E-state index contributed by atoms with van der Waals surface area (Å²) in [5, 5.41) is 3.46. The molecule has 0 radical (unpaired) electrons. The van der Waals surface area contributed by atoms with Crippen molar-refractivity contribution in [3.8, 4) is 0 Å². The van der Waals surface area contributed by atoms with Crippen molar-refractivity contribution in [3.63, 3.8) is 0 Å². The second-order valence-corrected chi connectivity index (χ2v) is 5.81. The van der Waals surface area contributed by atoms with E-state index in [-0.39, 0.29) is 0 Å². The topological polar surface area (TPSA) is 42.2 Å². The molecule has 19 heavy (non-hydrogen) atoms. The van der Waals surface area contributed by atoms with Gasteiger partial charge in [-0.3, -0.25) is 9.38 Å². The summed E-state index contributed by atoms with van der Waals surface area (Å²) in [5.74, 6) is 0. The molecule has 0 bridgehead atoms. The first-order valence-corrected chi connectivity index (χ1v) is 7.09. The van der Waals surface area contributed by atoms with Crippen LogP contribution in [0.2, 0.25) is 0 Å². The van der Waals surface area contributed by atoms with E-state index in [1.165, 1.54) is 16.1 Å². The van der Waals surface area contributed by atoms with Crippen LogP contribution in [0.4, 0.5) is 0 Å². The summed E-state index contributed by atoms with van der Waals surface area (Å²) in [6.07, 6.45) is 5.80. The highest BCUT2D eigenvalue weighted by Gasteiger charge is 2.10. The number of aryl methyl sites for hydroxylation is 2. The van der Waals surface area contributed by atoms with E-state index >= 15 is 0 Å². The van der Waals surface area contributed by atoms with Crippen molar-refractivity contribution in [1.29, 1.82) is 0 Å². The Bertz CT molecular complexity index is 684. The van der Waals surface area contributed by atoms with Gasteiger partial charge >= 0.3 is 0 Å². The average molecular weight is 272 g/mol. The van der Waals surface area contributed by atoms with Gasteiger partial charge in [0, 0.05) is 36.6 Å². The van der Waals surface area contributed by atoms with Gasteiger partial charge in [0.25, 0.3) is 0 Å². The van der Waals surface area contributed by atoms with Crippen LogP contribution < -0.4 is 5.32 Å². The lowest BCUT2D eigenvalue weighted by Crippen LogP contribution is -2.14. The van der Waals surface area contributed by atoms with Crippen molar-refractivity contribution in [3.05, 3.63) is 52.6 Å². The molecule has 3 aromatic rings. The SMILES string of the molecule is Cc1cn2c(CNCc3ccncc3)c(C)nc2s1. The average Bonchev–Trinajstić information content (AvgIpc) is 2.88. The van der Waals surface area contributed by atoms with Gasteiger partial charge in [-0.05, 0) is 31.5 Å². The predicted molar refractivity (Wildman–Crippen MR) is 77.3 cm³/mol. The largest absolute Gasteiger partial charge is 0.307 e. The maximum Gasteiger partial charge on any atom is 0.194 e. The fourth-order valence-electron chi connectivity index (χ4n) is 2.15. The molecule has 98 valence electrons. The molecule has 0 aromatic carbocycles. The second-order valence-electron chi connectivity index (χ2n) is 4.60. The van der Waals surface area contributed by atoms with E-state index in [1.807, 2.05) is 24.5 Å². The van der Waals surface area contributed by atoms with E-state index in [2.05, 4.69) is 39.7 Å². The van der Waals surface area contributed by atoms with E-state index in [0.29, 0.717) is 0 Å². The summed E-state index contributed by atoms with van der Waals surface area (Å²) >= 11 is 1.73. The van der Waals surface area contributed by atoms with Crippen molar-refractivity contribution in [1.82, 2.24) is 19.7 Å². The maximum absolute atomic E-state index is 4.59. The Balaban J connectivity index is 1.73. The first-order valence-electron chi connectivity index (χ1n) is 6.27. The van der Waals surface area contributed by atoms with Crippen molar-refractivity contribution in [2.45, 2.75) is 26.9 Å². The molecule has 0 aliphatic rings. The molecule has 1 N–H and O–H groups in total. The Morgan fingerprint density at radius 2 is 2.00 bits per heavy atom. The molecule has 0 amide bonds. The van der Waals surface area contributed by atoms with Gasteiger partial charge in [-0.25, -0.2) is 4.98 Å². The van der Waals surface area contributed by atoms with Gasteiger partial charge in [-0.1, -0.05) is 0 Å². The van der Waals surface area contributed by atoms with Crippen LogP contribution in [-0.2, 0) is 13.1 Å². The third-order valence-electron chi connectivity index (χ3n) is 3.11. The number of nitrogens with one attached hydrogen (secondary N) is 1. The molecule has 0 saturated heterocycles. The Labute approximate surface area is 116 Å². The zero-order valence-corrected chi connectivity index (χ0v) is 11.9. The number of imidazole rings is 1. The van der Waals surface area contributed by atoms with E-state index in [0.717, 1.165) is 23.7 Å². The smallest absolute Gasteiger partial charge is 0.194 e. The number of aromatic nitrogens is 3. The lowest BCUT2D eigenvalue weighted by molar-refractivity contribution is 0.672. The van der Waals surface area contributed by atoms with Crippen molar-refractivity contribution >= 4 is 16.3 Å². The van der Waals surface area contributed by atoms with Gasteiger partial charge in [0.05, 0.1) is 11.4 Å². The van der Waals surface area contributed by atoms with E-state index in [4.69, 9.17) is 0 Å². The Morgan fingerprint density at radius 1 is 1.21 bits per heavy atom. The Kier molecular flexibility index (Phi) is 3.31. The molecule has 0 fully saturated rings. The van der Waals surface area contributed by atoms with E-state index in [9.17, 15) is 0 Å². The Hall–Kier alpha value is -1.72. The lowest BCUT2D eigenvalue weighted by atomic mass is 10.2. The van der Waals surface area contributed by atoms with E-state index < -0.39 is 0 Å². The molecule has 0 saturated carbocycles. The summed E-state index contributed by atoms with van der Waals surface area (Å²) in [6.45, 7) is 5.85. The number of thiazole rings is 1. The molecular weight excluding hydrogens is 256 g/mol. The van der Waals surface area contributed by atoms with Gasteiger partial charge < -0.3 is 5.32 Å². The molecule has 0 unspecified atom stereocenters. The van der Waals surface area contributed by atoms with Crippen LogP contribution >= 0.6 is 11.3 Å². The van der Waals surface area contributed by atoms with Crippen LogP contribution in [0.25, 0.3) is 4.96 Å². The van der Waals surface area contributed by atoms with Crippen LogP contribution in [0, 0.1) is 13.8 Å². The minimum atomic E-state index is 0.825. The minimum Gasteiger partial charge on any atom is -0.307 e. The Morgan fingerprint density at radius 3 is 2.79 bits per heavy atom. The van der Waals surface area contributed by atoms with Gasteiger partial charge in [0.2, 0.25) is 0 Å². The van der Waals surface area contributed by atoms with Crippen molar-refractivity contribution in [2.24, 2.45) is 0 Å². The monoisotopic (exact) mass is 272 g/mol.